The lowest BCUT2D eigenvalue weighted by Crippen LogP contribution is -2.40. The monoisotopic (exact) mass is 423 g/mol. The summed E-state index contributed by atoms with van der Waals surface area (Å²) in [5.74, 6) is 0.912. The van der Waals surface area contributed by atoms with Crippen LogP contribution in [0.3, 0.4) is 0 Å². The first-order valence-corrected chi connectivity index (χ1v) is 11.1. The first kappa shape index (κ1) is 18.9. The van der Waals surface area contributed by atoms with Gasteiger partial charge in [0.15, 0.2) is 0 Å². The molecule has 1 fully saturated rings. The van der Waals surface area contributed by atoms with Crippen LogP contribution < -0.4 is 0 Å². The van der Waals surface area contributed by atoms with Gasteiger partial charge in [0.1, 0.15) is 0 Å². The lowest BCUT2D eigenvalue weighted by Gasteiger charge is -2.35. The van der Waals surface area contributed by atoms with Gasteiger partial charge in [-0.2, -0.15) is 4.31 Å². The summed E-state index contributed by atoms with van der Waals surface area (Å²) in [5, 5.41) is 0. The van der Waals surface area contributed by atoms with E-state index >= 15 is 0 Å². The van der Waals surface area contributed by atoms with Gasteiger partial charge in [0, 0.05) is 19.0 Å². The molecule has 1 saturated heterocycles. The molecule has 2 aliphatic rings. The summed E-state index contributed by atoms with van der Waals surface area (Å²) < 4.78 is 29.3. The molecular weight excluding hydrogens is 398 g/mol. The average molecular weight is 424 g/mol. The van der Waals surface area contributed by atoms with Crippen LogP contribution in [0.15, 0.2) is 39.7 Å². The number of nitrogens with zero attached hydrogens (tertiary/aromatic N) is 1. The standard InChI is InChI=1S/C20H26BrNO2S/c1-14-12-15(2)20(16(3)13-14)25(23,24)22-10-8-17(9-11-22)18-6-4-5-7-19(18)21/h4,6-7,12-13,17-18H,5,8-11H2,1-3H3. The molecule has 1 aromatic rings. The highest BCUT2D eigenvalue weighted by Gasteiger charge is 2.34. The van der Waals surface area contributed by atoms with E-state index in [2.05, 4.69) is 34.2 Å². The van der Waals surface area contributed by atoms with Gasteiger partial charge < -0.3 is 0 Å². The quantitative estimate of drug-likeness (QED) is 0.650. The van der Waals surface area contributed by atoms with Crippen LogP contribution in [0.2, 0.25) is 0 Å². The Morgan fingerprint density at radius 2 is 1.68 bits per heavy atom. The van der Waals surface area contributed by atoms with Crippen LogP contribution in [0.4, 0.5) is 0 Å². The van der Waals surface area contributed by atoms with Crippen molar-refractivity contribution in [3.8, 4) is 0 Å². The zero-order valence-electron chi connectivity index (χ0n) is 15.1. The minimum absolute atomic E-state index is 0.404. The Morgan fingerprint density at radius 1 is 1.08 bits per heavy atom. The van der Waals surface area contributed by atoms with E-state index in [9.17, 15) is 8.42 Å². The smallest absolute Gasteiger partial charge is 0.207 e. The van der Waals surface area contributed by atoms with Gasteiger partial charge in [0.05, 0.1) is 4.90 Å². The minimum Gasteiger partial charge on any atom is -0.207 e. The van der Waals surface area contributed by atoms with E-state index in [-0.39, 0.29) is 0 Å². The Bertz CT molecular complexity index is 795. The van der Waals surface area contributed by atoms with Gasteiger partial charge in [-0.3, -0.25) is 0 Å². The first-order chi connectivity index (χ1) is 11.8. The summed E-state index contributed by atoms with van der Waals surface area (Å²) in [6, 6.07) is 3.92. The summed E-state index contributed by atoms with van der Waals surface area (Å²) in [4.78, 5) is 0.496. The number of allylic oxidation sites excluding steroid dienone is 4. The Hall–Kier alpha value is -0.910. The fourth-order valence-corrected chi connectivity index (χ4v) is 6.79. The maximum absolute atomic E-state index is 13.2. The van der Waals surface area contributed by atoms with Crippen molar-refractivity contribution in [2.75, 3.05) is 13.1 Å². The van der Waals surface area contributed by atoms with Crippen LogP contribution in [-0.2, 0) is 10.0 Å². The molecule has 0 amide bonds. The van der Waals surface area contributed by atoms with E-state index in [0.717, 1.165) is 36.0 Å². The Morgan fingerprint density at radius 3 is 2.24 bits per heavy atom. The molecule has 1 unspecified atom stereocenters. The second kappa shape index (κ2) is 7.37. The van der Waals surface area contributed by atoms with Gasteiger partial charge in [-0.25, -0.2) is 8.42 Å². The SMILES string of the molecule is Cc1cc(C)c(S(=O)(=O)N2CCC(C3C=CCC=C3Br)CC2)c(C)c1. The fourth-order valence-electron chi connectivity index (χ4n) is 4.19. The average Bonchev–Trinajstić information content (AvgIpc) is 2.54. The second-order valence-electron chi connectivity index (χ2n) is 7.25. The predicted octanol–water partition coefficient (Wildman–Crippen LogP) is 4.87. The summed E-state index contributed by atoms with van der Waals surface area (Å²) in [7, 11) is -3.42. The largest absolute Gasteiger partial charge is 0.243 e. The maximum atomic E-state index is 13.2. The third-order valence-corrected chi connectivity index (χ3v) is 8.38. The van der Waals surface area contributed by atoms with Crippen LogP contribution in [-0.4, -0.2) is 25.8 Å². The van der Waals surface area contributed by atoms with Crippen LogP contribution in [0, 0.1) is 32.6 Å². The second-order valence-corrected chi connectivity index (χ2v) is 10.0. The molecule has 1 atom stereocenters. The molecule has 1 aliphatic carbocycles. The van der Waals surface area contributed by atoms with Crippen molar-refractivity contribution < 1.29 is 8.42 Å². The molecule has 0 saturated carbocycles. The molecule has 0 bridgehead atoms. The van der Waals surface area contributed by atoms with Crippen LogP contribution in [0.5, 0.6) is 0 Å². The molecule has 0 radical (unpaired) electrons. The van der Waals surface area contributed by atoms with E-state index in [1.165, 1.54) is 4.48 Å². The fraction of sp³-hybridized carbons (Fsp3) is 0.500. The molecule has 3 nitrogen and oxygen atoms in total. The van der Waals surface area contributed by atoms with Crippen molar-refractivity contribution in [2.45, 2.75) is 44.9 Å². The number of hydrogen-bond acceptors (Lipinski definition) is 2. The van der Waals surface area contributed by atoms with Crippen molar-refractivity contribution in [3.63, 3.8) is 0 Å². The lowest BCUT2D eigenvalue weighted by atomic mass is 9.83. The number of sulfonamides is 1. The van der Waals surface area contributed by atoms with E-state index in [4.69, 9.17) is 0 Å². The van der Waals surface area contributed by atoms with Gasteiger partial charge in [0.2, 0.25) is 10.0 Å². The molecule has 5 heteroatoms. The highest BCUT2D eigenvalue weighted by Crippen LogP contribution is 2.37. The summed E-state index contributed by atoms with van der Waals surface area (Å²) >= 11 is 3.69. The van der Waals surface area contributed by atoms with Gasteiger partial charge in [-0.05, 0) is 61.6 Å². The molecule has 1 heterocycles. The van der Waals surface area contributed by atoms with Crippen LogP contribution in [0.25, 0.3) is 0 Å². The number of aryl methyl sites for hydroxylation is 3. The summed E-state index contributed by atoms with van der Waals surface area (Å²) in [6.45, 7) is 7.00. The Kier molecular flexibility index (Phi) is 5.57. The highest BCUT2D eigenvalue weighted by atomic mass is 79.9. The molecule has 1 aliphatic heterocycles. The molecule has 0 aromatic heterocycles. The van der Waals surface area contributed by atoms with Crippen molar-refractivity contribution in [2.24, 2.45) is 11.8 Å². The van der Waals surface area contributed by atoms with E-state index < -0.39 is 10.0 Å². The van der Waals surface area contributed by atoms with E-state index in [1.54, 1.807) is 4.31 Å². The molecule has 1 aromatic carbocycles. The normalized spacial score (nSPS) is 22.9. The van der Waals surface area contributed by atoms with Gasteiger partial charge in [-0.15, -0.1) is 0 Å². The third-order valence-electron chi connectivity index (χ3n) is 5.32. The molecule has 25 heavy (non-hydrogen) atoms. The van der Waals surface area contributed by atoms with E-state index in [0.29, 0.717) is 29.8 Å². The maximum Gasteiger partial charge on any atom is 0.243 e. The van der Waals surface area contributed by atoms with Crippen molar-refractivity contribution in [1.82, 2.24) is 4.31 Å². The minimum atomic E-state index is -3.42. The molecule has 3 rings (SSSR count). The summed E-state index contributed by atoms with van der Waals surface area (Å²) in [6.07, 6.45) is 9.48. The zero-order chi connectivity index (χ0) is 18.2. The van der Waals surface area contributed by atoms with E-state index in [1.807, 2.05) is 32.9 Å². The summed E-state index contributed by atoms with van der Waals surface area (Å²) in [5.41, 5.74) is 2.80. The van der Waals surface area contributed by atoms with Gasteiger partial charge >= 0.3 is 0 Å². The molecule has 0 N–H and O–H groups in total. The number of rotatable bonds is 3. The van der Waals surface area contributed by atoms with Crippen LogP contribution >= 0.6 is 15.9 Å². The lowest BCUT2D eigenvalue weighted by molar-refractivity contribution is 0.248. The molecule has 136 valence electrons. The Balaban J connectivity index is 1.77. The van der Waals surface area contributed by atoms with Crippen molar-refractivity contribution in [1.29, 1.82) is 0 Å². The highest BCUT2D eigenvalue weighted by molar-refractivity contribution is 9.11. The predicted molar refractivity (Wildman–Crippen MR) is 106 cm³/mol. The van der Waals surface area contributed by atoms with Crippen LogP contribution in [0.1, 0.15) is 36.0 Å². The number of hydrogen-bond donors (Lipinski definition) is 0. The van der Waals surface area contributed by atoms with Gasteiger partial charge in [0.25, 0.3) is 0 Å². The van der Waals surface area contributed by atoms with Crippen molar-refractivity contribution >= 4 is 26.0 Å². The third kappa shape index (κ3) is 3.79. The number of halogens is 1. The Labute approximate surface area is 160 Å². The topological polar surface area (TPSA) is 37.4 Å². The first-order valence-electron chi connectivity index (χ1n) is 8.91. The number of benzene rings is 1. The van der Waals surface area contributed by atoms with Crippen molar-refractivity contribution in [3.05, 3.63) is 51.5 Å². The molecule has 0 spiro atoms. The molecular formula is C20H26BrNO2S. The van der Waals surface area contributed by atoms with Gasteiger partial charge in [-0.1, -0.05) is 51.9 Å². The number of piperidine rings is 1. The zero-order valence-corrected chi connectivity index (χ0v) is 17.5.